The highest BCUT2D eigenvalue weighted by atomic mass is 35.5. The maximum atomic E-state index is 10.7. The number of benzene rings is 1. The summed E-state index contributed by atoms with van der Waals surface area (Å²) in [5, 5.41) is 9.12. The molecule has 14 heavy (non-hydrogen) atoms. The normalized spacial score (nSPS) is 12.5. The molecule has 0 aliphatic carbocycles. The van der Waals surface area contributed by atoms with Crippen LogP contribution in [0.4, 0.5) is 0 Å². The third-order valence-electron chi connectivity index (χ3n) is 1.80. The maximum absolute atomic E-state index is 10.7. The van der Waals surface area contributed by atoms with E-state index >= 15 is 0 Å². The Labute approximate surface area is 91.2 Å². The highest BCUT2D eigenvalue weighted by Gasteiger charge is 2.17. The summed E-state index contributed by atoms with van der Waals surface area (Å²) in [6, 6.07) is 4.12. The molecular weight excluding hydrogens is 222 g/mol. The standard InChI is InChI=1S/C9H10ClNO2S/c1-14-5-2-3-7(10)6(4-5)8(11)9(12)13/h2-4,8H,11H2,1H3,(H,12,13). The van der Waals surface area contributed by atoms with E-state index in [1.54, 1.807) is 12.1 Å². The van der Waals surface area contributed by atoms with Gasteiger partial charge in [-0.2, -0.15) is 0 Å². The van der Waals surface area contributed by atoms with Crippen LogP contribution < -0.4 is 5.73 Å². The van der Waals surface area contributed by atoms with Gasteiger partial charge in [-0.15, -0.1) is 11.8 Å². The number of hydrogen-bond donors (Lipinski definition) is 2. The Bertz CT molecular complexity index is 357. The van der Waals surface area contributed by atoms with Crippen molar-refractivity contribution in [2.24, 2.45) is 5.73 Å². The lowest BCUT2D eigenvalue weighted by Crippen LogP contribution is -2.20. The summed E-state index contributed by atoms with van der Waals surface area (Å²) in [7, 11) is 0. The van der Waals surface area contributed by atoms with Crippen molar-refractivity contribution in [1.29, 1.82) is 0 Å². The lowest BCUT2D eigenvalue weighted by atomic mass is 10.1. The Hall–Kier alpha value is -0.710. The lowest BCUT2D eigenvalue weighted by Gasteiger charge is -2.10. The number of aliphatic carboxylic acids is 1. The SMILES string of the molecule is CSc1ccc(Cl)c(C(N)C(=O)O)c1. The molecule has 0 aliphatic rings. The van der Waals surface area contributed by atoms with Crippen LogP contribution in [0.25, 0.3) is 0 Å². The van der Waals surface area contributed by atoms with Gasteiger partial charge in [-0.3, -0.25) is 4.79 Å². The summed E-state index contributed by atoms with van der Waals surface area (Å²) in [5.41, 5.74) is 5.92. The molecule has 1 unspecified atom stereocenters. The second-order valence-corrected chi connectivity index (χ2v) is 3.99. The number of rotatable bonds is 3. The van der Waals surface area contributed by atoms with Gasteiger partial charge in [0, 0.05) is 9.92 Å². The average molecular weight is 232 g/mol. The number of thioether (sulfide) groups is 1. The third kappa shape index (κ3) is 2.41. The van der Waals surface area contributed by atoms with Crippen molar-refractivity contribution >= 4 is 29.3 Å². The van der Waals surface area contributed by atoms with Crippen LogP contribution in [0.2, 0.25) is 5.02 Å². The van der Waals surface area contributed by atoms with Gasteiger partial charge in [0.25, 0.3) is 0 Å². The molecule has 3 nitrogen and oxygen atoms in total. The largest absolute Gasteiger partial charge is 0.480 e. The molecule has 1 rings (SSSR count). The molecule has 1 aromatic carbocycles. The first kappa shape index (κ1) is 11.4. The van der Waals surface area contributed by atoms with Crippen LogP contribution in [0.5, 0.6) is 0 Å². The Balaban J connectivity index is 3.11. The molecule has 3 N–H and O–H groups in total. The van der Waals surface area contributed by atoms with Crippen molar-refractivity contribution in [2.75, 3.05) is 6.26 Å². The summed E-state index contributed by atoms with van der Waals surface area (Å²) in [5.74, 6) is -1.08. The Morgan fingerprint density at radius 1 is 1.64 bits per heavy atom. The molecule has 5 heteroatoms. The van der Waals surface area contributed by atoms with Crippen LogP contribution >= 0.6 is 23.4 Å². The van der Waals surface area contributed by atoms with Crippen molar-refractivity contribution in [1.82, 2.24) is 0 Å². The van der Waals surface area contributed by atoms with Crippen molar-refractivity contribution in [3.8, 4) is 0 Å². The van der Waals surface area contributed by atoms with Gasteiger partial charge >= 0.3 is 5.97 Å². The van der Waals surface area contributed by atoms with Crippen LogP contribution in [0.15, 0.2) is 23.1 Å². The Kier molecular flexibility index (Phi) is 3.80. The summed E-state index contributed by atoms with van der Waals surface area (Å²) in [6.45, 7) is 0. The van der Waals surface area contributed by atoms with Gasteiger partial charge in [0.1, 0.15) is 6.04 Å². The number of halogens is 1. The molecule has 0 saturated carbocycles. The number of carboxylic acids is 1. The zero-order chi connectivity index (χ0) is 10.7. The molecule has 1 aromatic rings. The van der Waals surface area contributed by atoms with Gasteiger partial charge < -0.3 is 10.8 Å². The molecule has 0 bridgehead atoms. The first-order valence-electron chi connectivity index (χ1n) is 3.88. The van der Waals surface area contributed by atoms with Crippen molar-refractivity contribution in [3.63, 3.8) is 0 Å². The highest BCUT2D eigenvalue weighted by Crippen LogP contribution is 2.26. The average Bonchev–Trinajstić information content (AvgIpc) is 2.17. The van der Waals surface area contributed by atoms with E-state index in [1.807, 2.05) is 12.3 Å². The first-order chi connectivity index (χ1) is 6.56. The minimum Gasteiger partial charge on any atom is -0.480 e. The molecule has 0 heterocycles. The summed E-state index contributed by atoms with van der Waals surface area (Å²) >= 11 is 7.35. The Morgan fingerprint density at radius 3 is 2.79 bits per heavy atom. The molecule has 1 atom stereocenters. The van der Waals surface area contributed by atoms with Gasteiger partial charge in [-0.1, -0.05) is 11.6 Å². The van der Waals surface area contributed by atoms with Gasteiger partial charge in [0.05, 0.1) is 0 Å². The second-order valence-electron chi connectivity index (χ2n) is 2.70. The van der Waals surface area contributed by atoms with Crippen molar-refractivity contribution < 1.29 is 9.90 Å². The van der Waals surface area contributed by atoms with Gasteiger partial charge in [-0.05, 0) is 30.0 Å². The molecule has 0 fully saturated rings. The van der Waals surface area contributed by atoms with Gasteiger partial charge in [0.2, 0.25) is 0 Å². The van der Waals surface area contributed by atoms with E-state index in [-0.39, 0.29) is 0 Å². The highest BCUT2D eigenvalue weighted by molar-refractivity contribution is 7.98. The number of carbonyl (C=O) groups is 1. The molecular formula is C9H10ClNO2S. The van der Waals surface area contributed by atoms with E-state index in [9.17, 15) is 4.79 Å². The second kappa shape index (κ2) is 4.68. The molecule has 0 amide bonds. The van der Waals surface area contributed by atoms with Crippen molar-refractivity contribution in [3.05, 3.63) is 28.8 Å². The quantitative estimate of drug-likeness (QED) is 0.783. The van der Waals surface area contributed by atoms with E-state index < -0.39 is 12.0 Å². The minimum atomic E-state index is -1.08. The van der Waals surface area contributed by atoms with E-state index in [2.05, 4.69) is 0 Å². The molecule has 0 saturated heterocycles. The van der Waals surface area contributed by atoms with E-state index in [0.717, 1.165) is 4.90 Å². The lowest BCUT2D eigenvalue weighted by molar-refractivity contribution is -0.138. The monoisotopic (exact) mass is 231 g/mol. The topological polar surface area (TPSA) is 63.3 Å². The van der Waals surface area contributed by atoms with E-state index in [0.29, 0.717) is 10.6 Å². The predicted octanol–water partition coefficient (Wildman–Crippen LogP) is 2.15. The smallest absolute Gasteiger partial charge is 0.325 e. The summed E-state index contributed by atoms with van der Waals surface area (Å²) in [6.07, 6.45) is 1.90. The Morgan fingerprint density at radius 2 is 2.29 bits per heavy atom. The predicted molar refractivity (Wildman–Crippen MR) is 57.8 cm³/mol. The van der Waals surface area contributed by atoms with Crippen LogP contribution in [-0.4, -0.2) is 17.3 Å². The fourth-order valence-corrected chi connectivity index (χ4v) is 1.70. The molecule has 0 radical (unpaired) electrons. The molecule has 76 valence electrons. The zero-order valence-electron chi connectivity index (χ0n) is 7.53. The first-order valence-corrected chi connectivity index (χ1v) is 5.48. The van der Waals surface area contributed by atoms with Crippen molar-refractivity contribution in [2.45, 2.75) is 10.9 Å². The van der Waals surface area contributed by atoms with Crippen LogP contribution in [0.1, 0.15) is 11.6 Å². The molecule has 0 aromatic heterocycles. The van der Waals surface area contributed by atoms with Crippen LogP contribution in [0, 0.1) is 0 Å². The summed E-state index contributed by atoms with van der Waals surface area (Å²) in [4.78, 5) is 11.6. The fourth-order valence-electron chi connectivity index (χ4n) is 1.02. The van der Waals surface area contributed by atoms with Crippen LogP contribution in [0.3, 0.4) is 0 Å². The number of hydrogen-bond acceptors (Lipinski definition) is 3. The maximum Gasteiger partial charge on any atom is 0.325 e. The number of carboxylic acid groups (broad SMARTS) is 1. The van der Waals surface area contributed by atoms with Crippen LogP contribution in [-0.2, 0) is 4.79 Å². The zero-order valence-corrected chi connectivity index (χ0v) is 9.10. The van der Waals surface area contributed by atoms with E-state index in [4.69, 9.17) is 22.4 Å². The third-order valence-corrected chi connectivity index (χ3v) is 2.87. The molecule has 0 aliphatic heterocycles. The van der Waals surface area contributed by atoms with E-state index in [1.165, 1.54) is 11.8 Å². The van der Waals surface area contributed by atoms with Gasteiger partial charge in [0.15, 0.2) is 0 Å². The van der Waals surface area contributed by atoms with Gasteiger partial charge in [-0.25, -0.2) is 0 Å². The number of nitrogens with two attached hydrogens (primary N) is 1. The summed E-state index contributed by atoms with van der Waals surface area (Å²) < 4.78 is 0. The molecule has 0 spiro atoms. The minimum absolute atomic E-state index is 0.387. The fraction of sp³-hybridized carbons (Fsp3) is 0.222.